The lowest BCUT2D eigenvalue weighted by atomic mass is 9.89. The van der Waals surface area contributed by atoms with Crippen LogP contribution in [0.15, 0.2) is 47.4 Å². The number of anilines is 1. The second-order valence-corrected chi connectivity index (χ2v) is 6.55. The molecular weight excluding hydrogens is 302 g/mol. The number of piperidine rings is 1. The van der Waals surface area contributed by atoms with Gasteiger partial charge in [-0.2, -0.15) is 0 Å². The second kappa shape index (κ2) is 6.17. The number of carbonyl (C=O) groups is 1. The van der Waals surface area contributed by atoms with Crippen molar-refractivity contribution in [2.45, 2.75) is 18.8 Å². The first-order chi connectivity index (χ1) is 11.7. The summed E-state index contributed by atoms with van der Waals surface area (Å²) in [7, 11) is 2.18. The van der Waals surface area contributed by atoms with E-state index in [1.807, 2.05) is 12.1 Å². The van der Waals surface area contributed by atoms with Crippen LogP contribution < -0.4 is 5.32 Å². The van der Waals surface area contributed by atoms with Crippen LogP contribution in [0, 0.1) is 0 Å². The number of nitrogens with one attached hydrogen (secondary N) is 2. The Morgan fingerprint density at radius 2 is 2.12 bits per heavy atom. The number of nitrogens with zero attached hydrogens (tertiary/aromatic N) is 1. The SMILES string of the molecule is CN1CCC(c2c[nH]c3ccc(NC(=O)c4ccoc4)cc23)CC1. The van der Waals surface area contributed by atoms with E-state index >= 15 is 0 Å². The zero-order valence-electron chi connectivity index (χ0n) is 13.7. The predicted octanol–water partition coefficient (Wildman–Crippen LogP) is 3.82. The van der Waals surface area contributed by atoms with Crippen molar-refractivity contribution in [1.82, 2.24) is 9.88 Å². The highest BCUT2D eigenvalue weighted by Crippen LogP contribution is 2.34. The molecule has 3 heterocycles. The molecule has 0 unspecified atom stereocenters. The fraction of sp³-hybridized carbons (Fsp3) is 0.316. The molecular formula is C19H21N3O2. The monoisotopic (exact) mass is 323 g/mol. The van der Waals surface area contributed by atoms with E-state index in [2.05, 4.69) is 34.5 Å². The van der Waals surface area contributed by atoms with Crippen LogP contribution in [0.25, 0.3) is 10.9 Å². The molecule has 124 valence electrons. The highest BCUT2D eigenvalue weighted by Gasteiger charge is 2.21. The lowest BCUT2D eigenvalue weighted by Crippen LogP contribution is -2.29. The zero-order valence-corrected chi connectivity index (χ0v) is 13.7. The molecule has 0 saturated carbocycles. The summed E-state index contributed by atoms with van der Waals surface area (Å²) >= 11 is 0. The van der Waals surface area contributed by atoms with Crippen LogP contribution in [0.1, 0.15) is 34.7 Å². The number of H-pyrrole nitrogens is 1. The molecule has 1 aliphatic rings. The molecule has 2 N–H and O–H groups in total. The summed E-state index contributed by atoms with van der Waals surface area (Å²) in [5.74, 6) is 0.425. The van der Waals surface area contributed by atoms with Gasteiger partial charge in [-0.25, -0.2) is 0 Å². The van der Waals surface area contributed by atoms with Gasteiger partial charge in [-0.15, -0.1) is 0 Å². The van der Waals surface area contributed by atoms with Gasteiger partial charge in [0.1, 0.15) is 6.26 Å². The fourth-order valence-corrected chi connectivity index (χ4v) is 3.47. The number of hydrogen-bond donors (Lipinski definition) is 2. The van der Waals surface area contributed by atoms with Gasteiger partial charge in [0, 0.05) is 22.8 Å². The Morgan fingerprint density at radius 3 is 2.88 bits per heavy atom. The van der Waals surface area contributed by atoms with E-state index < -0.39 is 0 Å². The summed E-state index contributed by atoms with van der Waals surface area (Å²) in [4.78, 5) is 17.9. The van der Waals surface area contributed by atoms with Crippen molar-refractivity contribution in [3.8, 4) is 0 Å². The molecule has 0 spiro atoms. The molecule has 3 aromatic rings. The van der Waals surface area contributed by atoms with E-state index in [1.165, 1.54) is 36.3 Å². The summed E-state index contributed by atoms with van der Waals surface area (Å²) in [6, 6.07) is 7.68. The Morgan fingerprint density at radius 1 is 1.29 bits per heavy atom. The largest absolute Gasteiger partial charge is 0.472 e. The first kappa shape index (κ1) is 15.0. The van der Waals surface area contributed by atoms with E-state index in [9.17, 15) is 4.79 Å². The van der Waals surface area contributed by atoms with Crippen molar-refractivity contribution < 1.29 is 9.21 Å². The van der Waals surface area contributed by atoms with Crippen LogP contribution in [-0.2, 0) is 0 Å². The molecule has 1 aliphatic heterocycles. The van der Waals surface area contributed by atoms with Crippen LogP contribution >= 0.6 is 0 Å². The van der Waals surface area contributed by atoms with Crippen molar-refractivity contribution in [1.29, 1.82) is 0 Å². The maximum Gasteiger partial charge on any atom is 0.258 e. The number of furan rings is 1. The minimum Gasteiger partial charge on any atom is -0.472 e. The molecule has 0 atom stereocenters. The minimum atomic E-state index is -0.153. The van der Waals surface area contributed by atoms with Crippen molar-refractivity contribution >= 4 is 22.5 Å². The van der Waals surface area contributed by atoms with Crippen LogP contribution in [0.4, 0.5) is 5.69 Å². The standard InChI is InChI=1S/C19H21N3O2/c1-22-7-4-13(5-8-22)17-11-20-18-3-2-15(10-16(17)18)21-19(23)14-6-9-24-12-14/h2-3,6,9-13,20H,4-5,7-8H2,1H3,(H,21,23). The number of rotatable bonds is 3. The van der Waals surface area contributed by atoms with Crippen LogP contribution in [0.5, 0.6) is 0 Å². The number of fused-ring (bicyclic) bond motifs is 1. The summed E-state index contributed by atoms with van der Waals surface area (Å²) < 4.78 is 4.97. The first-order valence-corrected chi connectivity index (χ1v) is 8.34. The summed E-state index contributed by atoms with van der Waals surface area (Å²) in [5.41, 5.74) is 3.81. The Kier molecular flexibility index (Phi) is 3.86. The molecule has 1 fully saturated rings. The molecule has 2 aromatic heterocycles. The number of benzene rings is 1. The van der Waals surface area contributed by atoms with Gasteiger partial charge in [0.2, 0.25) is 0 Å². The van der Waals surface area contributed by atoms with Gasteiger partial charge in [-0.05, 0) is 68.7 Å². The van der Waals surface area contributed by atoms with E-state index in [0.717, 1.165) is 24.3 Å². The van der Waals surface area contributed by atoms with Gasteiger partial charge in [-0.3, -0.25) is 4.79 Å². The molecule has 24 heavy (non-hydrogen) atoms. The molecule has 1 aromatic carbocycles. The topological polar surface area (TPSA) is 61.3 Å². The molecule has 5 nitrogen and oxygen atoms in total. The van der Waals surface area contributed by atoms with Gasteiger partial charge in [0.15, 0.2) is 0 Å². The molecule has 1 amide bonds. The third-order valence-corrected chi connectivity index (χ3v) is 4.91. The Balaban J connectivity index is 1.60. The molecule has 0 bridgehead atoms. The quantitative estimate of drug-likeness (QED) is 0.770. The van der Waals surface area contributed by atoms with Gasteiger partial charge in [0.25, 0.3) is 5.91 Å². The molecule has 0 radical (unpaired) electrons. The number of aromatic amines is 1. The maximum atomic E-state index is 12.2. The van der Waals surface area contributed by atoms with Gasteiger partial charge in [0.05, 0.1) is 11.8 Å². The average Bonchev–Trinajstić information content (AvgIpc) is 3.25. The number of amides is 1. The molecule has 5 heteroatoms. The highest BCUT2D eigenvalue weighted by atomic mass is 16.3. The van der Waals surface area contributed by atoms with E-state index in [-0.39, 0.29) is 5.91 Å². The van der Waals surface area contributed by atoms with Gasteiger partial charge >= 0.3 is 0 Å². The first-order valence-electron chi connectivity index (χ1n) is 8.34. The third kappa shape index (κ3) is 2.83. The molecule has 4 rings (SSSR count). The predicted molar refractivity (Wildman–Crippen MR) is 94.4 cm³/mol. The van der Waals surface area contributed by atoms with E-state index in [1.54, 1.807) is 6.07 Å². The normalized spacial score (nSPS) is 16.5. The third-order valence-electron chi connectivity index (χ3n) is 4.91. The Labute approximate surface area is 140 Å². The van der Waals surface area contributed by atoms with Crippen molar-refractivity contribution in [2.75, 3.05) is 25.5 Å². The van der Waals surface area contributed by atoms with Crippen molar-refractivity contribution in [3.63, 3.8) is 0 Å². The Hall–Kier alpha value is -2.53. The summed E-state index contributed by atoms with van der Waals surface area (Å²) in [6.45, 7) is 2.27. The smallest absolute Gasteiger partial charge is 0.258 e. The lowest BCUT2D eigenvalue weighted by molar-refractivity contribution is 0.102. The van der Waals surface area contributed by atoms with E-state index in [4.69, 9.17) is 4.42 Å². The number of carbonyl (C=O) groups excluding carboxylic acids is 1. The van der Waals surface area contributed by atoms with E-state index in [0.29, 0.717) is 11.5 Å². The summed E-state index contributed by atoms with van der Waals surface area (Å²) in [5, 5.41) is 4.15. The van der Waals surface area contributed by atoms with Gasteiger partial charge < -0.3 is 19.6 Å². The summed E-state index contributed by atoms with van der Waals surface area (Å²) in [6.07, 6.45) is 7.43. The van der Waals surface area contributed by atoms with Crippen molar-refractivity contribution in [3.05, 3.63) is 54.1 Å². The number of likely N-dealkylation sites (tertiary alicyclic amines) is 1. The van der Waals surface area contributed by atoms with Crippen LogP contribution in [0.3, 0.4) is 0 Å². The molecule has 0 aliphatic carbocycles. The van der Waals surface area contributed by atoms with Gasteiger partial charge in [-0.1, -0.05) is 0 Å². The maximum absolute atomic E-state index is 12.2. The Bertz CT molecular complexity index is 843. The second-order valence-electron chi connectivity index (χ2n) is 6.55. The van der Waals surface area contributed by atoms with Crippen LogP contribution in [-0.4, -0.2) is 35.9 Å². The molecule has 1 saturated heterocycles. The van der Waals surface area contributed by atoms with Crippen molar-refractivity contribution in [2.24, 2.45) is 0 Å². The zero-order chi connectivity index (χ0) is 16.5. The van der Waals surface area contributed by atoms with Crippen LogP contribution in [0.2, 0.25) is 0 Å². The lowest BCUT2D eigenvalue weighted by Gasteiger charge is -2.28. The highest BCUT2D eigenvalue weighted by molar-refractivity contribution is 6.05. The fourth-order valence-electron chi connectivity index (χ4n) is 3.47. The number of hydrogen-bond acceptors (Lipinski definition) is 3. The number of aromatic nitrogens is 1. The average molecular weight is 323 g/mol. The minimum absolute atomic E-state index is 0.153.